The lowest BCUT2D eigenvalue weighted by atomic mass is 10.0. The number of anilines is 2. The van der Waals surface area contributed by atoms with Crippen LogP contribution in [0.25, 0.3) is 21.8 Å². The van der Waals surface area contributed by atoms with Crippen LogP contribution in [0.3, 0.4) is 0 Å². The van der Waals surface area contributed by atoms with E-state index in [-0.39, 0.29) is 28.2 Å². The number of ether oxygens (including phenoxy) is 3. The van der Waals surface area contributed by atoms with Crippen molar-refractivity contribution in [3.63, 3.8) is 0 Å². The molecule has 0 spiro atoms. The Morgan fingerprint density at radius 1 is 0.864 bits per heavy atom. The van der Waals surface area contributed by atoms with Gasteiger partial charge in [0.25, 0.3) is 0 Å². The topological polar surface area (TPSA) is 179 Å². The zero-order chi connectivity index (χ0) is 46.8. The molecular weight excluding hydrogens is 871 g/mol. The highest BCUT2D eigenvalue weighted by Crippen LogP contribution is 2.48. The van der Waals surface area contributed by atoms with Crippen LogP contribution in [-0.2, 0) is 37.4 Å². The van der Waals surface area contributed by atoms with Crippen LogP contribution in [-0.4, -0.2) is 70.5 Å². The fraction of sp³-hybridized carbons (Fsp3) is 0.286. The van der Waals surface area contributed by atoms with E-state index in [2.05, 4.69) is 25.9 Å². The van der Waals surface area contributed by atoms with E-state index in [1.807, 2.05) is 42.1 Å². The molecule has 7 rings (SSSR count). The smallest absolute Gasteiger partial charge is 0.242 e. The van der Waals surface area contributed by atoms with Gasteiger partial charge < -0.3 is 34.7 Å². The van der Waals surface area contributed by atoms with Gasteiger partial charge in [-0.15, -0.1) is 0 Å². The number of para-hydroxylation sites is 1. The third-order valence-electron chi connectivity index (χ3n) is 11.0. The molecule has 1 atom stereocenters. The third-order valence-corrected chi connectivity index (χ3v) is 12.0. The van der Waals surface area contributed by atoms with Crippen molar-refractivity contribution in [1.82, 2.24) is 14.9 Å². The van der Waals surface area contributed by atoms with Gasteiger partial charge in [0.15, 0.2) is 28.2 Å². The second kappa shape index (κ2) is 21.2. The van der Waals surface area contributed by atoms with E-state index in [1.54, 1.807) is 18.2 Å². The number of nitrogens with zero attached hydrogens (tertiary/aromatic N) is 3. The lowest BCUT2D eigenvalue weighted by Gasteiger charge is -2.16. The molecule has 2 aromatic heterocycles. The van der Waals surface area contributed by atoms with Gasteiger partial charge >= 0.3 is 0 Å². The maximum atomic E-state index is 15.4. The average molecular weight is 919 g/mol. The van der Waals surface area contributed by atoms with Gasteiger partial charge in [0.05, 0.1) is 30.9 Å². The predicted octanol–water partition coefficient (Wildman–Crippen LogP) is 8.56. The largest absolute Gasteiger partial charge is 0.493 e. The Morgan fingerprint density at radius 3 is 2.33 bits per heavy atom. The first-order valence-electron chi connectivity index (χ1n) is 21.3. The Balaban J connectivity index is 0.855. The zero-order valence-corrected chi connectivity index (χ0v) is 37.3. The van der Waals surface area contributed by atoms with Crippen molar-refractivity contribution in [1.29, 1.82) is 0 Å². The lowest BCUT2D eigenvalue weighted by Crippen LogP contribution is -2.35. The summed E-state index contributed by atoms with van der Waals surface area (Å²) < 4.78 is 48.3. The average Bonchev–Trinajstić information content (AvgIpc) is 4.07. The fourth-order valence-corrected chi connectivity index (χ4v) is 8.05. The van der Waals surface area contributed by atoms with E-state index in [0.717, 1.165) is 40.7 Å². The molecule has 17 heteroatoms. The normalized spacial score (nSPS) is 13.3. The van der Waals surface area contributed by atoms with Gasteiger partial charge in [0.1, 0.15) is 17.0 Å². The van der Waals surface area contributed by atoms with Crippen molar-refractivity contribution in [3.05, 3.63) is 115 Å². The first kappa shape index (κ1) is 46.8. The molecule has 1 unspecified atom stereocenters. The first-order chi connectivity index (χ1) is 31.8. The molecule has 1 saturated carbocycles. The standard InChI is InChI=1S/C49H48F2N6O8S/c1-30(58)54-27-31(23-32-28-57(2)40-10-6-5-9-36(32)40)46(60)66-29-45(59)53-20-7-4-8-22-64-44-26-39-37(25-43(44)63-3)41(17-21-52-39)65-42-16-15-35(24-38(42)51)56-48(62)49(18-19-49)47(61)55-34-13-11-33(50)12-14-34/h5-6,9-17,21,24-28,31H,4,7-8,18-20,22-23,29H2,1-3H3,(H,53,59)(H,55,61)(H,56,62)/b54-27-. The number of pyridine rings is 1. The number of carbonyl (C=O) groups is 5. The Hall–Kier alpha value is -7.14. The Morgan fingerprint density at radius 2 is 1.61 bits per heavy atom. The second-order valence-electron chi connectivity index (χ2n) is 15.8. The summed E-state index contributed by atoms with van der Waals surface area (Å²) in [6, 6.07) is 22.0. The minimum atomic E-state index is -1.32. The molecule has 0 aliphatic heterocycles. The number of thioether (sulfide) groups is 1. The summed E-state index contributed by atoms with van der Waals surface area (Å²) in [6.07, 6.45) is 7.93. The van der Waals surface area contributed by atoms with Crippen molar-refractivity contribution < 1.29 is 47.0 Å². The molecule has 1 aliphatic rings. The van der Waals surface area contributed by atoms with E-state index >= 15 is 4.39 Å². The van der Waals surface area contributed by atoms with E-state index in [0.29, 0.717) is 79.1 Å². The summed E-state index contributed by atoms with van der Waals surface area (Å²) in [4.78, 5) is 71.8. The molecule has 4 amide bonds. The molecule has 0 bridgehead atoms. The van der Waals surface area contributed by atoms with Crippen molar-refractivity contribution in [3.8, 4) is 23.0 Å². The maximum Gasteiger partial charge on any atom is 0.242 e. The van der Waals surface area contributed by atoms with Gasteiger partial charge in [-0.05, 0) is 98.7 Å². The van der Waals surface area contributed by atoms with Crippen LogP contribution in [0.2, 0.25) is 0 Å². The van der Waals surface area contributed by atoms with E-state index in [1.165, 1.54) is 62.8 Å². The molecule has 1 aliphatic carbocycles. The molecular formula is C49H48F2N6O8S. The van der Waals surface area contributed by atoms with Crippen molar-refractivity contribution in [2.75, 3.05) is 36.6 Å². The summed E-state index contributed by atoms with van der Waals surface area (Å²) in [5, 5.41) is 9.43. The number of benzene rings is 4. The van der Waals surface area contributed by atoms with Gasteiger partial charge in [-0.25, -0.2) is 13.8 Å². The number of rotatable bonds is 20. The third kappa shape index (κ3) is 11.6. The molecule has 0 radical (unpaired) electrons. The molecule has 1 fully saturated rings. The molecule has 3 N–H and O–H groups in total. The molecule has 0 saturated heterocycles. The number of aryl methyl sites for hydroxylation is 1. The number of hydrogen-bond acceptors (Lipinski definition) is 10. The van der Waals surface area contributed by atoms with Gasteiger partial charge in [-0.2, -0.15) is 0 Å². The van der Waals surface area contributed by atoms with Crippen LogP contribution >= 0.6 is 11.8 Å². The molecule has 2 heterocycles. The number of hydrogen-bond donors (Lipinski definition) is 3. The molecule has 14 nitrogen and oxygen atoms in total. The van der Waals surface area contributed by atoms with Gasteiger partial charge in [-0.3, -0.25) is 29.0 Å². The molecule has 342 valence electrons. The number of aliphatic imine (C=N–C) groups is 1. The maximum absolute atomic E-state index is 15.4. The number of nitrogens with one attached hydrogen (secondary N) is 3. The van der Waals surface area contributed by atoms with E-state index in [4.69, 9.17) is 14.2 Å². The number of methoxy groups -OCH3 is 1. The second-order valence-corrected chi connectivity index (χ2v) is 16.8. The van der Waals surface area contributed by atoms with Gasteiger partial charge in [0.2, 0.25) is 23.6 Å². The van der Waals surface area contributed by atoms with Crippen molar-refractivity contribution >= 4 is 79.9 Å². The van der Waals surface area contributed by atoms with Crippen LogP contribution in [0, 0.1) is 23.0 Å². The zero-order valence-electron chi connectivity index (χ0n) is 36.5. The number of carbonyl (C=O) groups excluding carboxylic acids is 5. The highest BCUT2D eigenvalue weighted by molar-refractivity contribution is 8.14. The summed E-state index contributed by atoms with van der Waals surface area (Å²) in [5.74, 6) is -2.70. The monoisotopic (exact) mass is 918 g/mol. The van der Waals surface area contributed by atoms with Gasteiger partial charge in [0, 0.05) is 78.9 Å². The molecule has 4 aromatic carbocycles. The van der Waals surface area contributed by atoms with Crippen LogP contribution in [0.4, 0.5) is 20.2 Å². The first-order valence-corrected chi connectivity index (χ1v) is 22.3. The predicted molar refractivity (Wildman–Crippen MR) is 249 cm³/mol. The number of unbranched alkanes of at least 4 members (excludes halogenated alkanes) is 2. The minimum Gasteiger partial charge on any atom is -0.493 e. The van der Waals surface area contributed by atoms with E-state index in [9.17, 15) is 28.4 Å². The Kier molecular flexibility index (Phi) is 15.1. The Bertz CT molecular complexity index is 2810. The summed E-state index contributed by atoms with van der Waals surface area (Å²) >= 11 is 0.905. The number of amides is 4. The summed E-state index contributed by atoms with van der Waals surface area (Å²) in [7, 11) is 3.43. The lowest BCUT2D eigenvalue weighted by molar-refractivity contribution is -0.131. The van der Waals surface area contributed by atoms with Crippen LogP contribution < -0.4 is 30.2 Å². The number of aromatic nitrogens is 2. The molecule has 6 aromatic rings. The van der Waals surface area contributed by atoms with Crippen LogP contribution in [0.1, 0.15) is 44.6 Å². The molecule has 66 heavy (non-hydrogen) atoms. The fourth-order valence-electron chi connectivity index (χ4n) is 7.31. The quantitative estimate of drug-likeness (QED) is 0.0382. The van der Waals surface area contributed by atoms with E-state index < -0.39 is 40.7 Å². The van der Waals surface area contributed by atoms with Crippen LogP contribution in [0.15, 0.2) is 102 Å². The summed E-state index contributed by atoms with van der Waals surface area (Å²) in [5.41, 5.74) is 1.66. The summed E-state index contributed by atoms with van der Waals surface area (Å²) in [6.45, 7) is 2.09. The minimum absolute atomic E-state index is 0.0585. The SMILES string of the molecule is COc1cc2c(Oc3ccc(NC(=O)C4(C(=O)Nc5ccc(F)cc5)CC4)cc3F)ccnc2cc1OCCCCCNC(=O)CSC(=O)C(/C=N\C(C)=O)Cc1cn(C)c2ccccc12. The highest BCUT2D eigenvalue weighted by atomic mass is 32.2. The highest BCUT2D eigenvalue weighted by Gasteiger charge is 2.56. The van der Waals surface area contributed by atoms with Gasteiger partial charge in [-0.1, -0.05) is 30.0 Å². The van der Waals surface area contributed by atoms with Crippen molar-refractivity contribution in [2.24, 2.45) is 23.4 Å². The van der Waals surface area contributed by atoms with Crippen LogP contribution in [0.5, 0.6) is 23.0 Å². The van der Waals surface area contributed by atoms with Crippen molar-refractivity contribution in [2.45, 2.75) is 45.4 Å². The number of halogens is 2. The Labute approximate surface area is 383 Å². The number of fused-ring (bicyclic) bond motifs is 2.